The average Bonchev–Trinajstić information content (AvgIpc) is 2.21. The van der Waals surface area contributed by atoms with E-state index < -0.39 is 0 Å². The number of rotatable bonds is 8. The zero-order valence-electron chi connectivity index (χ0n) is 9.03. The Hall–Kier alpha value is -0.700. The van der Waals surface area contributed by atoms with E-state index in [4.69, 9.17) is 0 Å². The fourth-order valence-electron chi connectivity index (χ4n) is 1.32. The van der Waals surface area contributed by atoms with E-state index >= 15 is 0 Å². The SMILES string of the molecule is CCCCC(O)C(C)CCC(=O)C=O. The Morgan fingerprint density at radius 1 is 1.43 bits per heavy atom. The summed E-state index contributed by atoms with van der Waals surface area (Å²) in [6.45, 7) is 3.99. The number of hydrogen-bond acceptors (Lipinski definition) is 3. The van der Waals surface area contributed by atoms with Crippen molar-refractivity contribution < 1.29 is 14.7 Å². The highest BCUT2D eigenvalue weighted by molar-refractivity contribution is 6.24. The predicted molar refractivity (Wildman–Crippen MR) is 55.0 cm³/mol. The van der Waals surface area contributed by atoms with E-state index in [-0.39, 0.29) is 24.2 Å². The maximum absolute atomic E-state index is 10.7. The molecule has 0 saturated heterocycles. The summed E-state index contributed by atoms with van der Waals surface area (Å²) in [5.74, 6) is -0.273. The first-order valence-corrected chi connectivity index (χ1v) is 5.27. The highest BCUT2D eigenvalue weighted by Crippen LogP contribution is 2.15. The Kier molecular flexibility index (Phi) is 7.30. The second-order valence-corrected chi connectivity index (χ2v) is 3.81. The molecule has 2 unspecified atom stereocenters. The summed E-state index contributed by atoms with van der Waals surface area (Å²) in [5, 5.41) is 9.63. The van der Waals surface area contributed by atoms with Crippen LogP contribution >= 0.6 is 0 Å². The van der Waals surface area contributed by atoms with Crippen LogP contribution in [0.4, 0.5) is 0 Å². The van der Waals surface area contributed by atoms with Crippen molar-refractivity contribution in [1.82, 2.24) is 0 Å². The molecule has 14 heavy (non-hydrogen) atoms. The second kappa shape index (κ2) is 7.68. The molecule has 0 fully saturated rings. The van der Waals surface area contributed by atoms with E-state index in [0.29, 0.717) is 12.7 Å². The molecule has 0 bridgehead atoms. The molecule has 0 spiro atoms. The van der Waals surface area contributed by atoms with Gasteiger partial charge in [-0.25, -0.2) is 0 Å². The molecule has 0 aromatic carbocycles. The molecule has 0 aromatic rings. The van der Waals surface area contributed by atoms with Gasteiger partial charge >= 0.3 is 0 Å². The lowest BCUT2D eigenvalue weighted by atomic mass is 9.94. The van der Waals surface area contributed by atoms with Crippen molar-refractivity contribution in [3.63, 3.8) is 0 Å². The van der Waals surface area contributed by atoms with E-state index in [1.54, 1.807) is 0 Å². The van der Waals surface area contributed by atoms with Crippen LogP contribution in [0.25, 0.3) is 0 Å². The summed E-state index contributed by atoms with van der Waals surface area (Å²) >= 11 is 0. The third-order valence-corrected chi connectivity index (χ3v) is 2.49. The fraction of sp³-hybridized carbons (Fsp3) is 0.818. The van der Waals surface area contributed by atoms with E-state index in [1.807, 2.05) is 6.92 Å². The topological polar surface area (TPSA) is 54.4 Å². The Bertz CT molecular complexity index is 177. The Balaban J connectivity index is 3.65. The number of ketones is 1. The summed E-state index contributed by atoms with van der Waals surface area (Å²) in [5.41, 5.74) is 0. The molecule has 0 aliphatic heterocycles. The summed E-state index contributed by atoms with van der Waals surface area (Å²) in [6.07, 6.45) is 3.73. The van der Waals surface area contributed by atoms with Gasteiger partial charge in [0, 0.05) is 6.42 Å². The highest BCUT2D eigenvalue weighted by atomic mass is 16.3. The number of carbonyl (C=O) groups is 2. The Morgan fingerprint density at radius 3 is 2.57 bits per heavy atom. The molecule has 0 radical (unpaired) electrons. The van der Waals surface area contributed by atoms with Gasteiger partial charge in [-0.05, 0) is 18.8 Å². The minimum atomic E-state index is -0.375. The zero-order chi connectivity index (χ0) is 11.0. The van der Waals surface area contributed by atoms with Crippen LogP contribution in [0.3, 0.4) is 0 Å². The molecule has 0 rings (SSSR count). The molecule has 1 N–H and O–H groups in total. The quantitative estimate of drug-likeness (QED) is 0.479. The Labute approximate surface area is 85.5 Å². The molecule has 82 valence electrons. The normalized spacial score (nSPS) is 14.8. The minimum Gasteiger partial charge on any atom is -0.393 e. The maximum atomic E-state index is 10.7. The fourth-order valence-corrected chi connectivity index (χ4v) is 1.32. The molecule has 3 heteroatoms. The van der Waals surface area contributed by atoms with Gasteiger partial charge in [0.25, 0.3) is 0 Å². The largest absolute Gasteiger partial charge is 0.393 e. The highest BCUT2D eigenvalue weighted by Gasteiger charge is 2.14. The van der Waals surface area contributed by atoms with E-state index in [0.717, 1.165) is 19.3 Å². The van der Waals surface area contributed by atoms with Gasteiger partial charge in [0.15, 0.2) is 12.1 Å². The molecular weight excluding hydrogens is 180 g/mol. The van der Waals surface area contributed by atoms with Crippen LogP contribution in [0.5, 0.6) is 0 Å². The third-order valence-electron chi connectivity index (χ3n) is 2.49. The van der Waals surface area contributed by atoms with Crippen LogP contribution in [-0.2, 0) is 9.59 Å². The molecular formula is C11H20O3. The lowest BCUT2D eigenvalue weighted by Crippen LogP contribution is -2.18. The van der Waals surface area contributed by atoms with Gasteiger partial charge in [0.05, 0.1) is 6.10 Å². The van der Waals surface area contributed by atoms with Gasteiger partial charge in [-0.3, -0.25) is 9.59 Å². The van der Waals surface area contributed by atoms with Crippen molar-refractivity contribution in [3.05, 3.63) is 0 Å². The lowest BCUT2D eigenvalue weighted by molar-refractivity contribution is -0.130. The number of aliphatic hydroxyl groups excluding tert-OH is 1. The molecule has 0 saturated carbocycles. The lowest BCUT2D eigenvalue weighted by Gasteiger charge is -2.17. The summed E-state index contributed by atoms with van der Waals surface area (Å²) in [7, 11) is 0. The van der Waals surface area contributed by atoms with Gasteiger partial charge in [0.2, 0.25) is 0 Å². The van der Waals surface area contributed by atoms with Gasteiger partial charge in [-0.15, -0.1) is 0 Å². The Morgan fingerprint density at radius 2 is 2.07 bits per heavy atom. The molecule has 2 atom stereocenters. The van der Waals surface area contributed by atoms with Crippen LogP contribution < -0.4 is 0 Å². The molecule has 3 nitrogen and oxygen atoms in total. The van der Waals surface area contributed by atoms with Gasteiger partial charge < -0.3 is 5.11 Å². The summed E-state index contributed by atoms with van der Waals surface area (Å²) in [6, 6.07) is 0. The molecule has 0 amide bonds. The van der Waals surface area contributed by atoms with Gasteiger partial charge in [-0.1, -0.05) is 26.7 Å². The smallest absolute Gasteiger partial charge is 0.195 e. The molecule has 0 aliphatic rings. The number of Topliss-reactive ketones (excluding diaryl/α,β-unsaturated/α-hetero) is 1. The second-order valence-electron chi connectivity index (χ2n) is 3.81. The van der Waals surface area contributed by atoms with Crippen LogP contribution in [0.15, 0.2) is 0 Å². The van der Waals surface area contributed by atoms with Gasteiger partial charge in [0.1, 0.15) is 0 Å². The monoisotopic (exact) mass is 200 g/mol. The minimum absolute atomic E-state index is 0.102. The van der Waals surface area contributed by atoms with Crippen molar-refractivity contribution in [3.8, 4) is 0 Å². The number of carbonyl (C=O) groups excluding carboxylic acids is 2. The van der Waals surface area contributed by atoms with Crippen molar-refractivity contribution >= 4 is 12.1 Å². The number of aldehydes is 1. The van der Waals surface area contributed by atoms with Crippen LogP contribution in [0, 0.1) is 5.92 Å². The number of aliphatic hydroxyl groups is 1. The molecule has 0 aliphatic carbocycles. The number of unbranched alkanes of at least 4 members (excludes halogenated alkanes) is 1. The third kappa shape index (κ3) is 5.86. The maximum Gasteiger partial charge on any atom is 0.195 e. The first-order valence-electron chi connectivity index (χ1n) is 5.27. The van der Waals surface area contributed by atoms with E-state index in [1.165, 1.54) is 0 Å². The average molecular weight is 200 g/mol. The van der Waals surface area contributed by atoms with Crippen LogP contribution in [-0.4, -0.2) is 23.3 Å². The van der Waals surface area contributed by atoms with Crippen molar-refractivity contribution in [2.45, 2.75) is 52.1 Å². The number of hydrogen-bond donors (Lipinski definition) is 1. The van der Waals surface area contributed by atoms with Crippen molar-refractivity contribution in [1.29, 1.82) is 0 Å². The summed E-state index contributed by atoms with van der Waals surface area (Å²) < 4.78 is 0. The standard InChI is InChI=1S/C11H20O3/c1-3-4-5-11(14)9(2)6-7-10(13)8-12/h8-9,11,14H,3-7H2,1-2H3. The molecule has 0 heterocycles. The first-order chi connectivity index (χ1) is 6.61. The van der Waals surface area contributed by atoms with Crippen molar-refractivity contribution in [2.24, 2.45) is 5.92 Å². The van der Waals surface area contributed by atoms with Crippen LogP contribution in [0.2, 0.25) is 0 Å². The zero-order valence-corrected chi connectivity index (χ0v) is 9.03. The summed E-state index contributed by atoms with van der Waals surface area (Å²) in [4.78, 5) is 20.8. The van der Waals surface area contributed by atoms with Crippen LogP contribution in [0.1, 0.15) is 46.0 Å². The predicted octanol–water partition coefficient (Wildman–Crippen LogP) is 1.72. The van der Waals surface area contributed by atoms with E-state index in [9.17, 15) is 14.7 Å². The van der Waals surface area contributed by atoms with E-state index in [2.05, 4.69) is 6.92 Å². The van der Waals surface area contributed by atoms with Crippen molar-refractivity contribution in [2.75, 3.05) is 0 Å². The first kappa shape index (κ1) is 13.3. The van der Waals surface area contributed by atoms with Gasteiger partial charge in [-0.2, -0.15) is 0 Å². The molecule has 0 aromatic heterocycles.